The van der Waals surface area contributed by atoms with Gasteiger partial charge in [0.25, 0.3) is 11.6 Å². The summed E-state index contributed by atoms with van der Waals surface area (Å²) in [6.45, 7) is 3.58. The molecule has 0 fully saturated rings. The lowest BCUT2D eigenvalue weighted by Crippen LogP contribution is -2.45. The second-order valence-electron chi connectivity index (χ2n) is 5.58. The molecule has 0 radical (unpaired) electrons. The Morgan fingerprint density at radius 2 is 1.84 bits per heavy atom. The van der Waals surface area contributed by atoms with Gasteiger partial charge in [-0.05, 0) is 18.1 Å². The van der Waals surface area contributed by atoms with Crippen molar-refractivity contribution in [1.29, 1.82) is 0 Å². The number of carbonyl (C=O) groups excluding carboxylic acids is 2. The summed E-state index contributed by atoms with van der Waals surface area (Å²) in [6, 6.07) is 4.09. The standard InChI is InChI=1S/C16H21N3O6/c1-3-10(2)14(16(22)23)18-13(20)8-9-17-15(21)11-4-6-12(7-5-11)19(24)25/h4-7,10,14H,3,8-9H2,1-2H3,(H,17,21)(H,18,20)(H,22,23). The molecule has 0 bridgehead atoms. The number of amides is 2. The minimum atomic E-state index is -1.10. The molecule has 0 aliphatic heterocycles. The Morgan fingerprint density at radius 3 is 2.32 bits per heavy atom. The summed E-state index contributed by atoms with van der Waals surface area (Å²) in [6.07, 6.45) is 0.535. The van der Waals surface area contributed by atoms with Crippen molar-refractivity contribution in [2.24, 2.45) is 5.92 Å². The summed E-state index contributed by atoms with van der Waals surface area (Å²) in [4.78, 5) is 44.8. The fourth-order valence-electron chi connectivity index (χ4n) is 2.05. The topological polar surface area (TPSA) is 139 Å². The van der Waals surface area contributed by atoms with Crippen molar-refractivity contribution < 1.29 is 24.4 Å². The van der Waals surface area contributed by atoms with Crippen molar-refractivity contribution in [1.82, 2.24) is 10.6 Å². The third-order valence-corrected chi connectivity index (χ3v) is 3.77. The summed E-state index contributed by atoms with van der Waals surface area (Å²) < 4.78 is 0. The Balaban J connectivity index is 2.47. The van der Waals surface area contributed by atoms with Gasteiger partial charge in [0.05, 0.1) is 4.92 Å². The molecular formula is C16H21N3O6. The summed E-state index contributed by atoms with van der Waals surface area (Å²) >= 11 is 0. The zero-order chi connectivity index (χ0) is 19.0. The van der Waals surface area contributed by atoms with Gasteiger partial charge in [0.2, 0.25) is 5.91 Å². The first-order valence-electron chi connectivity index (χ1n) is 7.81. The number of carboxylic acid groups (broad SMARTS) is 1. The average Bonchev–Trinajstić information content (AvgIpc) is 2.58. The lowest BCUT2D eigenvalue weighted by molar-refractivity contribution is -0.384. The van der Waals surface area contributed by atoms with Crippen molar-refractivity contribution >= 4 is 23.5 Å². The second kappa shape index (κ2) is 9.36. The first kappa shape index (κ1) is 20.1. The van der Waals surface area contributed by atoms with E-state index >= 15 is 0 Å². The molecule has 0 aliphatic carbocycles. The van der Waals surface area contributed by atoms with Gasteiger partial charge in [-0.3, -0.25) is 19.7 Å². The van der Waals surface area contributed by atoms with Crippen LogP contribution in [0, 0.1) is 16.0 Å². The molecule has 3 N–H and O–H groups in total. The summed E-state index contributed by atoms with van der Waals surface area (Å²) in [5.74, 6) is -2.26. The Labute approximate surface area is 144 Å². The van der Waals surface area contributed by atoms with Gasteiger partial charge >= 0.3 is 5.97 Å². The van der Waals surface area contributed by atoms with Gasteiger partial charge in [0.15, 0.2) is 0 Å². The largest absolute Gasteiger partial charge is 0.480 e. The van der Waals surface area contributed by atoms with E-state index in [0.717, 1.165) is 0 Å². The predicted molar refractivity (Wildman–Crippen MR) is 89.1 cm³/mol. The highest BCUT2D eigenvalue weighted by Crippen LogP contribution is 2.11. The Hall–Kier alpha value is -2.97. The molecule has 0 spiro atoms. The number of benzene rings is 1. The van der Waals surface area contributed by atoms with E-state index in [1.165, 1.54) is 24.3 Å². The van der Waals surface area contributed by atoms with Crippen molar-refractivity contribution in [3.05, 3.63) is 39.9 Å². The van der Waals surface area contributed by atoms with Crippen molar-refractivity contribution in [2.45, 2.75) is 32.7 Å². The number of nitrogens with zero attached hydrogens (tertiary/aromatic N) is 1. The molecule has 9 nitrogen and oxygen atoms in total. The van der Waals surface area contributed by atoms with Gasteiger partial charge < -0.3 is 15.7 Å². The third-order valence-electron chi connectivity index (χ3n) is 3.77. The zero-order valence-electron chi connectivity index (χ0n) is 14.0. The number of hydrogen-bond donors (Lipinski definition) is 3. The number of nitro benzene ring substituents is 1. The van der Waals surface area contributed by atoms with Crippen LogP contribution in [0.5, 0.6) is 0 Å². The van der Waals surface area contributed by atoms with E-state index < -0.39 is 28.7 Å². The highest BCUT2D eigenvalue weighted by atomic mass is 16.6. The lowest BCUT2D eigenvalue weighted by Gasteiger charge is -2.20. The van der Waals surface area contributed by atoms with Crippen LogP contribution in [0.1, 0.15) is 37.0 Å². The van der Waals surface area contributed by atoms with E-state index in [4.69, 9.17) is 5.11 Å². The van der Waals surface area contributed by atoms with Crippen LogP contribution in [0.2, 0.25) is 0 Å². The van der Waals surface area contributed by atoms with Crippen LogP contribution in [0.3, 0.4) is 0 Å². The number of nitro groups is 1. The first-order valence-corrected chi connectivity index (χ1v) is 7.81. The number of aliphatic carboxylic acids is 1. The van der Waals surface area contributed by atoms with Crippen molar-refractivity contribution in [3.8, 4) is 0 Å². The van der Waals surface area contributed by atoms with Gasteiger partial charge in [0.1, 0.15) is 6.04 Å². The molecule has 136 valence electrons. The molecular weight excluding hydrogens is 330 g/mol. The van der Waals surface area contributed by atoms with Gasteiger partial charge in [-0.2, -0.15) is 0 Å². The average molecular weight is 351 g/mol. The van der Waals surface area contributed by atoms with Crippen LogP contribution in [-0.4, -0.2) is 40.4 Å². The third kappa shape index (κ3) is 6.21. The maximum Gasteiger partial charge on any atom is 0.326 e. The summed E-state index contributed by atoms with van der Waals surface area (Å²) in [7, 11) is 0. The minimum Gasteiger partial charge on any atom is -0.480 e. The van der Waals surface area contributed by atoms with Crippen LogP contribution >= 0.6 is 0 Å². The number of rotatable bonds is 9. The lowest BCUT2D eigenvalue weighted by atomic mass is 9.99. The molecule has 0 aliphatic rings. The maximum absolute atomic E-state index is 11.9. The molecule has 0 saturated carbocycles. The Bertz CT molecular complexity index is 644. The van der Waals surface area contributed by atoms with Crippen molar-refractivity contribution in [2.75, 3.05) is 6.54 Å². The summed E-state index contributed by atoms with van der Waals surface area (Å²) in [5.41, 5.74) is 0.106. The highest BCUT2D eigenvalue weighted by Gasteiger charge is 2.25. The Morgan fingerprint density at radius 1 is 1.24 bits per heavy atom. The number of carbonyl (C=O) groups is 3. The number of carboxylic acids is 1. The molecule has 1 rings (SSSR count). The SMILES string of the molecule is CCC(C)C(NC(=O)CCNC(=O)c1ccc([N+](=O)[O-])cc1)C(=O)O. The van der Waals surface area contributed by atoms with Crippen molar-refractivity contribution in [3.63, 3.8) is 0 Å². The molecule has 0 heterocycles. The van der Waals surface area contributed by atoms with Gasteiger partial charge in [-0.1, -0.05) is 20.3 Å². The molecule has 2 atom stereocenters. The molecule has 0 aromatic heterocycles. The van der Waals surface area contributed by atoms with Gasteiger partial charge in [0, 0.05) is 30.7 Å². The predicted octanol–water partition coefficient (Wildman–Crippen LogP) is 1.33. The first-order chi connectivity index (χ1) is 11.8. The normalized spacial score (nSPS) is 12.7. The Kier molecular flexibility index (Phi) is 7.51. The fraction of sp³-hybridized carbons (Fsp3) is 0.438. The molecule has 9 heteroatoms. The molecule has 0 saturated heterocycles. The van der Waals surface area contributed by atoms with E-state index in [2.05, 4.69) is 10.6 Å². The molecule has 25 heavy (non-hydrogen) atoms. The molecule has 1 aromatic carbocycles. The number of non-ortho nitro benzene ring substituents is 1. The molecule has 1 aromatic rings. The maximum atomic E-state index is 11.9. The highest BCUT2D eigenvalue weighted by molar-refractivity contribution is 5.94. The van der Waals surface area contributed by atoms with Crippen LogP contribution in [0.15, 0.2) is 24.3 Å². The molecule has 2 unspecified atom stereocenters. The van der Waals surface area contributed by atoms with Crippen LogP contribution < -0.4 is 10.6 Å². The summed E-state index contributed by atoms with van der Waals surface area (Å²) in [5, 5.41) is 24.6. The van der Waals surface area contributed by atoms with E-state index in [1.54, 1.807) is 6.92 Å². The van der Waals surface area contributed by atoms with Crippen LogP contribution in [0.25, 0.3) is 0 Å². The fourth-order valence-corrected chi connectivity index (χ4v) is 2.05. The van der Waals surface area contributed by atoms with E-state index in [-0.39, 0.29) is 30.1 Å². The number of nitrogens with one attached hydrogen (secondary N) is 2. The van der Waals surface area contributed by atoms with Crippen LogP contribution in [-0.2, 0) is 9.59 Å². The molecule has 2 amide bonds. The monoisotopic (exact) mass is 351 g/mol. The second-order valence-corrected chi connectivity index (χ2v) is 5.58. The van der Waals surface area contributed by atoms with Crippen LogP contribution in [0.4, 0.5) is 5.69 Å². The van der Waals surface area contributed by atoms with E-state index in [0.29, 0.717) is 6.42 Å². The number of hydrogen-bond acceptors (Lipinski definition) is 5. The van der Waals surface area contributed by atoms with E-state index in [1.807, 2.05) is 6.92 Å². The minimum absolute atomic E-state index is 0.0223. The quantitative estimate of drug-likeness (QED) is 0.453. The van der Waals surface area contributed by atoms with E-state index in [9.17, 15) is 24.5 Å². The zero-order valence-corrected chi connectivity index (χ0v) is 14.0. The van der Waals surface area contributed by atoms with Gasteiger partial charge in [-0.25, -0.2) is 4.79 Å². The van der Waals surface area contributed by atoms with Gasteiger partial charge in [-0.15, -0.1) is 0 Å². The smallest absolute Gasteiger partial charge is 0.326 e.